The Morgan fingerprint density at radius 2 is 1.77 bits per heavy atom. The number of hydrogen-bond donors (Lipinski definition) is 1. The molecular weight excluding hydrogens is 280 g/mol. The minimum Gasteiger partial charge on any atom is -0.480 e. The van der Waals surface area contributed by atoms with Crippen molar-refractivity contribution < 1.29 is 14.7 Å². The topological polar surface area (TPSA) is 70.5 Å². The van der Waals surface area contributed by atoms with Gasteiger partial charge in [0, 0.05) is 25.5 Å². The quantitative estimate of drug-likeness (QED) is 0.831. The van der Waals surface area contributed by atoms with Crippen LogP contribution in [0.25, 0.3) is 0 Å². The van der Waals surface area contributed by atoms with Crippen molar-refractivity contribution in [3.63, 3.8) is 0 Å². The number of pyridine rings is 1. The Labute approximate surface area is 129 Å². The molecule has 0 aliphatic heterocycles. The number of carbonyl (C=O) groups is 2. The Kier molecular flexibility index (Phi) is 5.25. The molecule has 0 spiro atoms. The van der Waals surface area contributed by atoms with Gasteiger partial charge in [0.2, 0.25) is 5.91 Å². The second-order valence-corrected chi connectivity index (χ2v) is 4.89. The first-order chi connectivity index (χ1) is 10.6. The Balaban J connectivity index is 2.23. The van der Waals surface area contributed by atoms with Crippen LogP contribution in [0.2, 0.25) is 0 Å². The van der Waals surface area contributed by atoms with Crippen LogP contribution in [0.5, 0.6) is 0 Å². The highest BCUT2D eigenvalue weighted by molar-refractivity contribution is 6.02. The number of nitrogens with zero attached hydrogens (tertiary/aromatic N) is 2. The molecule has 1 aromatic heterocycles. The van der Waals surface area contributed by atoms with Crippen molar-refractivity contribution in [3.05, 3.63) is 66.0 Å². The fourth-order valence-electron chi connectivity index (χ4n) is 2.27. The number of hydrogen-bond acceptors (Lipinski definition) is 3. The van der Waals surface area contributed by atoms with Gasteiger partial charge < -0.3 is 10.0 Å². The monoisotopic (exact) mass is 298 g/mol. The summed E-state index contributed by atoms with van der Waals surface area (Å²) in [4.78, 5) is 29.7. The molecule has 5 nitrogen and oxygen atoms in total. The third-order valence-corrected chi connectivity index (χ3v) is 3.44. The van der Waals surface area contributed by atoms with Crippen LogP contribution in [-0.2, 0) is 16.1 Å². The van der Waals surface area contributed by atoms with E-state index in [1.165, 1.54) is 0 Å². The SMILES string of the molecule is CCN(Cc1ccncc1)C(=O)C(C(=O)O)c1ccccc1. The number of carboxylic acids is 1. The van der Waals surface area contributed by atoms with Gasteiger partial charge in [0.25, 0.3) is 0 Å². The molecular formula is C17H18N2O3. The average Bonchev–Trinajstić information content (AvgIpc) is 2.54. The molecule has 1 heterocycles. The Morgan fingerprint density at radius 1 is 1.14 bits per heavy atom. The first kappa shape index (κ1) is 15.7. The van der Waals surface area contributed by atoms with Crippen LogP contribution < -0.4 is 0 Å². The van der Waals surface area contributed by atoms with Crippen molar-refractivity contribution >= 4 is 11.9 Å². The molecule has 0 aliphatic rings. The zero-order valence-electron chi connectivity index (χ0n) is 12.3. The van der Waals surface area contributed by atoms with Crippen molar-refractivity contribution in [1.82, 2.24) is 9.88 Å². The first-order valence-corrected chi connectivity index (χ1v) is 7.09. The van der Waals surface area contributed by atoms with E-state index in [2.05, 4.69) is 4.98 Å². The predicted molar refractivity (Wildman–Crippen MR) is 82.1 cm³/mol. The molecule has 1 aromatic carbocycles. The molecule has 1 N–H and O–H groups in total. The van der Waals surface area contributed by atoms with Gasteiger partial charge in [-0.3, -0.25) is 14.6 Å². The predicted octanol–water partition coefficient (Wildman–Crippen LogP) is 2.30. The summed E-state index contributed by atoms with van der Waals surface area (Å²) in [5, 5.41) is 9.45. The third kappa shape index (κ3) is 3.69. The van der Waals surface area contributed by atoms with Gasteiger partial charge in [0.05, 0.1) is 0 Å². The fourth-order valence-corrected chi connectivity index (χ4v) is 2.27. The van der Waals surface area contributed by atoms with E-state index in [-0.39, 0.29) is 0 Å². The Morgan fingerprint density at radius 3 is 2.32 bits per heavy atom. The number of aliphatic carboxylic acids is 1. The zero-order valence-corrected chi connectivity index (χ0v) is 12.3. The summed E-state index contributed by atoms with van der Waals surface area (Å²) >= 11 is 0. The molecule has 2 aromatic rings. The van der Waals surface area contributed by atoms with E-state index in [4.69, 9.17) is 0 Å². The summed E-state index contributed by atoms with van der Waals surface area (Å²) in [5.41, 5.74) is 1.41. The van der Waals surface area contributed by atoms with E-state index >= 15 is 0 Å². The van der Waals surface area contributed by atoms with E-state index in [1.807, 2.05) is 19.1 Å². The van der Waals surface area contributed by atoms with Crippen LogP contribution in [-0.4, -0.2) is 33.4 Å². The van der Waals surface area contributed by atoms with Gasteiger partial charge in [-0.15, -0.1) is 0 Å². The van der Waals surface area contributed by atoms with Gasteiger partial charge in [-0.2, -0.15) is 0 Å². The van der Waals surface area contributed by atoms with Crippen LogP contribution in [0, 0.1) is 0 Å². The molecule has 114 valence electrons. The second-order valence-electron chi connectivity index (χ2n) is 4.89. The van der Waals surface area contributed by atoms with E-state index < -0.39 is 17.8 Å². The van der Waals surface area contributed by atoms with Crippen LogP contribution in [0.4, 0.5) is 0 Å². The molecule has 2 rings (SSSR count). The van der Waals surface area contributed by atoms with Crippen molar-refractivity contribution in [3.8, 4) is 0 Å². The van der Waals surface area contributed by atoms with Crippen LogP contribution in [0.3, 0.4) is 0 Å². The normalized spacial score (nSPS) is 11.7. The van der Waals surface area contributed by atoms with E-state index in [9.17, 15) is 14.7 Å². The third-order valence-electron chi connectivity index (χ3n) is 3.44. The average molecular weight is 298 g/mol. The lowest BCUT2D eigenvalue weighted by Crippen LogP contribution is -2.37. The molecule has 0 bridgehead atoms. The van der Waals surface area contributed by atoms with Crippen molar-refractivity contribution in [2.24, 2.45) is 0 Å². The fraction of sp³-hybridized carbons (Fsp3) is 0.235. The molecule has 1 unspecified atom stereocenters. The summed E-state index contributed by atoms with van der Waals surface area (Å²) < 4.78 is 0. The van der Waals surface area contributed by atoms with Gasteiger partial charge >= 0.3 is 5.97 Å². The Bertz CT molecular complexity index is 629. The first-order valence-electron chi connectivity index (χ1n) is 7.09. The summed E-state index contributed by atoms with van der Waals surface area (Å²) in [6.07, 6.45) is 3.30. The molecule has 1 atom stereocenters. The Hall–Kier alpha value is -2.69. The van der Waals surface area contributed by atoms with Crippen LogP contribution in [0.1, 0.15) is 24.0 Å². The lowest BCUT2D eigenvalue weighted by Gasteiger charge is -2.24. The zero-order chi connectivity index (χ0) is 15.9. The van der Waals surface area contributed by atoms with Gasteiger partial charge in [-0.25, -0.2) is 0 Å². The van der Waals surface area contributed by atoms with Crippen LogP contribution in [0.15, 0.2) is 54.9 Å². The highest BCUT2D eigenvalue weighted by atomic mass is 16.4. The highest BCUT2D eigenvalue weighted by Crippen LogP contribution is 2.20. The number of amides is 1. The van der Waals surface area contributed by atoms with Crippen molar-refractivity contribution in [2.45, 2.75) is 19.4 Å². The summed E-state index contributed by atoms with van der Waals surface area (Å²) in [7, 11) is 0. The molecule has 0 radical (unpaired) electrons. The maximum Gasteiger partial charge on any atom is 0.320 e. The number of carboxylic acid groups (broad SMARTS) is 1. The van der Waals surface area contributed by atoms with E-state index in [1.54, 1.807) is 47.6 Å². The lowest BCUT2D eigenvalue weighted by molar-refractivity contribution is -0.147. The second kappa shape index (κ2) is 7.36. The smallest absolute Gasteiger partial charge is 0.320 e. The lowest BCUT2D eigenvalue weighted by atomic mass is 9.97. The molecule has 0 aliphatic carbocycles. The maximum absolute atomic E-state index is 12.7. The largest absolute Gasteiger partial charge is 0.480 e. The number of benzene rings is 1. The highest BCUT2D eigenvalue weighted by Gasteiger charge is 2.31. The summed E-state index contributed by atoms with van der Waals surface area (Å²) in [6, 6.07) is 12.2. The van der Waals surface area contributed by atoms with Crippen molar-refractivity contribution in [2.75, 3.05) is 6.54 Å². The molecule has 1 amide bonds. The van der Waals surface area contributed by atoms with Gasteiger partial charge in [0.15, 0.2) is 5.92 Å². The van der Waals surface area contributed by atoms with Gasteiger partial charge in [0.1, 0.15) is 0 Å². The molecule has 22 heavy (non-hydrogen) atoms. The van der Waals surface area contributed by atoms with E-state index in [0.717, 1.165) is 5.56 Å². The number of likely N-dealkylation sites (N-methyl/N-ethyl adjacent to an activating group) is 1. The number of rotatable bonds is 6. The standard InChI is InChI=1S/C17H18N2O3/c1-2-19(12-13-8-10-18-11-9-13)16(20)15(17(21)22)14-6-4-3-5-7-14/h3-11,15H,2,12H2,1H3,(H,21,22). The minimum atomic E-state index is -1.18. The van der Waals surface area contributed by atoms with E-state index in [0.29, 0.717) is 18.7 Å². The molecule has 0 saturated carbocycles. The summed E-state index contributed by atoms with van der Waals surface area (Å²) in [6.45, 7) is 2.65. The maximum atomic E-state index is 12.7. The number of aromatic nitrogens is 1. The number of carbonyl (C=O) groups excluding carboxylic acids is 1. The summed E-state index contributed by atoms with van der Waals surface area (Å²) in [5.74, 6) is -2.72. The van der Waals surface area contributed by atoms with Crippen LogP contribution >= 0.6 is 0 Å². The van der Waals surface area contributed by atoms with Gasteiger partial charge in [-0.05, 0) is 30.2 Å². The molecule has 0 fully saturated rings. The minimum absolute atomic E-state index is 0.370. The van der Waals surface area contributed by atoms with Gasteiger partial charge in [-0.1, -0.05) is 30.3 Å². The molecule has 5 heteroatoms. The van der Waals surface area contributed by atoms with Crippen molar-refractivity contribution in [1.29, 1.82) is 0 Å². The molecule has 0 saturated heterocycles.